The Morgan fingerprint density at radius 1 is 0.571 bits per heavy atom. The number of para-hydroxylation sites is 1. The van der Waals surface area contributed by atoms with Crippen LogP contribution in [0.15, 0.2) is 206 Å². The fraction of sp³-hybridized carbons (Fsp3) is 0.0600. The van der Waals surface area contributed by atoms with Gasteiger partial charge < -0.3 is 0 Å². The lowest BCUT2D eigenvalue weighted by molar-refractivity contribution is 0.0953. The van der Waals surface area contributed by atoms with Crippen LogP contribution in [0, 0.1) is 5.92 Å². The van der Waals surface area contributed by atoms with Crippen LogP contribution in [0.1, 0.15) is 38.2 Å². The molecule has 0 saturated carbocycles. The van der Waals surface area contributed by atoms with Crippen molar-refractivity contribution in [3.8, 4) is 22.5 Å². The third kappa shape index (κ3) is 6.07. The van der Waals surface area contributed by atoms with Crippen molar-refractivity contribution in [2.75, 3.05) is 0 Å². The zero-order valence-corrected chi connectivity index (χ0v) is 30.6. The number of rotatable bonds is 10. The smallest absolute Gasteiger partial charge is 0.184 e. The number of aliphatic imine (C=N–C) groups is 1. The molecule has 1 unspecified atom stereocenters. The van der Waals surface area contributed by atoms with E-state index in [1.54, 1.807) is 0 Å². The molecule has 1 aliphatic heterocycles. The number of hydrogen-bond donors (Lipinski definition) is 0. The number of ketones is 1. The van der Waals surface area contributed by atoms with Gasteiger partial charge in [0, 0.05) is 11.1 Å². The third-order valence-corrected chi connectivity index (χ3v) is 10.7. The standard InChI is InChI=1S/C50H37N5O/c1-35(37-18-6-2-7-19-37)47-45(48(56)44-28-16-17-29-46(44)51-47)34-36-30-32-38(33-31-36)42-26-14-15-27-43(42)49-52-53-54-55(49)50(39-20-8-3-9-21-39,40-22-10-4-11-23-40)41-24-12-5-13-25-41/h2-33,45H,1,34H2. The second kappa shape index (κ2) is 14.8. The lowest BCUT2D eigenvalue weighted by atomic mass is 9.77. The first kappa shape index (κ1) is 34.5. The average molecular weight is 724 g/mol. The van der Waals surface area contributed by atoms with Gasteiger partial charge in [-0.1, -0.05) is 189 Å². The summed E-state index contributed by atoms with van der Waals surface area (Å²) in [6.45, 7) is 4.42. The van der Waals surface area contributed by atoms with Crippen molar-refractivity contribution in [3.05, 3.63) is 234 Å². The van der Waals surface area contributed by atoms with Gasteiger partial charge in [-0.05, 0) is 73.5 Å². The molecule has 0 bridgehead atoms. The first-order chi connectivity index (χ1) is 27.6. The Morgan fingerprint density at radius 2 is 1.07 bits per heavy atom. The SMILES string of the molecule is C=C(C1=Nc2ccccc2C(=O)C1Cc1ccc(-c2ccccc2-c2nnnn2C(c2ccccc2)(c2ccccc2)c2ccccc2)cc1)c1ccccc1. The van der Waals surface area contributed by atoms with E-state index >= 15 is 0 Å². The molecule has 0 fully saturated rings. The predicted molar refractivity (Wildman–Crippen MR) is 224 cm³/mol. The van der Waals surface area contributed by atoms with Crippen molar-refractivity contribution in [2.45, 2.75) is 12.0 Å². The predicted octanol–water partition coefficient (Wildman–Crippen LogP) is 10.7. The zero-order valence-electron chi connectivity index (χ0n) is 30.6. The van der Waals surface area contributed by atoms with Gasteiger partial charge in [-0.15, -0.1) is 5.10 Å². The molecule has 1 atom stereocenters. The van der Waals surface area contributed by atoms with Gasteiger partial charge in [0.15, 0.2) is 11.6 Å². The minimum absolute atomic E-state index is 0.0580. The lowest BCUT2D eigenvalue weighted by Gasteiger charge is -2.36. The molecule has 0 amide bonds. The Labute approximate surface area is 326 Å². The molecule has 268 valence electrons. The second-order valence-electron chi connectivity index (χ2n) is 13.9. The lowest BCUT2D eigenvalue weighted by Crippen LogP contribution is -2.39. The summed E-state index contributed by atoms with van der Waals surface area (Å²) in [5, 5.41) is 13.8. The fourth-order valence-electron chi connectivity index (χ4n) is 8.03. The van der Waals surface area contributed by atoms with Gasteiger partial charge in [0.2, 0.25) is 0 Å². The number of fused-ring (bicyclic) bond motifs is 1. The number of allylic oxidation sites excluding steroid dienone is 1. The van der Waals surface area contributed by atoms with Gasteiger partial charge in [-0.3, -0.25) is 9.79 Å². The van der Waals surface area contributed by atoms with Crippen molar-refractivity contribution >= 4 is 22.8 Å². The Morgan fingerprint density at radius 3 is 1.66 bits per heavy atom. The van der Waals surface area contributed by atoms with E-state index < -0.39 is 11.5 Å². The highest BCUT2D eigenvalue weighted by Gasteiger charge is 2.42. The summed E-state index contributed by atoms with van der Waals surface area (Å²) in [5.74, 6) is 0.220. The van der Waals surface area contributed by atoms with Gasteiger partial charge in [0.25, 0.3) is 0 Å². The highest BCUT2D eigenvalue weighted by molar-refractivity contribution is 6.34. The van der Waals surface area contributed by atoms with E-state index in [-0.39, 0.29) is 5.78 Å². The van der Waals surface area contributed by atoms with Crippen LogP contribution in [-0.4, -0.2) is 31.7 Å². The van der Waals surface area contributed by atoms with Crippen LogP contribution in [0.4, 0.5) is 5.69 Å². The molecule has 0 aliphatic carbocycles. The van der Waals surface area contributed by atoms with Crippen molar-refractivity contribution in [3.63, 3.8) is 0 Å². The van der Waals surface area contributed by atoms with Crippen LogP contribution in [-0.2, 0) is 12.0 Å². The number of aromatic nitrogens is 4. The van der Waals surface area contributed by atoms with Crippen LogP contribution in [0.3, 0.4) is 0 Å². The summed E-state index contributed by atoms with van der Waals surface area (Å²) in [6.07, 6.45) is 0.492. The average Bonchev–Trinajstić information content (AvgIpc) is 3.76. The van der Waals surface area contributed by atoms with Crippen molar-refractivity contribution in [1.82, 2.24) is 20.2 Å². The number of benzene rings is 7. The Bertz CT molecular complexity index is 2590. The molecule has 6 nitrogen and oxygen atoms in total. The van der Waals surface area contributed by atoms with E-state index in [0.717, 1.165) is 50.1 Å². The zero-order chi connectivity index (χ0) is 37.9. The highest BCUT2D eigenvalue weighted by Crippen LogP contribution is 2.43. The molecule has 2 heterocycles. The van der Waals surface area contributed by atoms with Crippen molar-refractivity contribution < 1.29 is 4.79 Å². The maximum absolute atomic E-state index is 14.1. The second-order valence-corrected chi connectivity index (χ2v) is 13.9. The van der Waals surface area contributed by atoms with Gasteiger partial charge in [-0.25, -0.2) is 4.68 Å². The first-order valence-corrected chi connectivity index (χ1v) is 18.7. The minimum atomic E-state index is -0.881. The van der Waals surface area contributed by atoms with E-state index in [2.05, 4.69) is 121 Å². The fourth-order valence-corrected chi connectivity index (χ4v) is 8.03. The molecule has 1 aliphatic rings. The van der Waals surface area contributed by atoms with Crippen molar-refractivity contribution in [2.24, 2.45) is 10.9 Å². The number of carbonyl (C=O) groups excluding carboxylic acids is 1. The van der Waals surface area contributed by atoms with Gasteiger partial charge in [-0.2, -0.15) is 0 Å². The molecule has 6 heteroatoms. The molecule has 1 aromatic heterocycles. The molecule has 0 saturated heterocycles. The number of nitrogens with zero attached hydrogens (tertiary/aromatic N) is 5. The summed E-state index contributed by atoms with van der Waals surface area (Å²) in [7, 11) is 0. The van der Waals surface area contributed by atoms with E-state index in [1.807, 2.05) is 89.6 Å². The maximum Gasteiger partial charge on any atom is 0.184 e. The number of hydrogen-bond acceptors (Lipinski definition) is 5. The molecule has 7 aromatic carbocycles. The topological polar surface area (TPSA) is 73.0 Å². The monoisotopic (exact) mass is 723 g/mol. The van der Waals surface area contributed by atoms with Crippen LogP contribution < -0.4 is 0 Å². The van der Waals surface area contributed by atoms with Gasteiger partial charge >= 0.3 is 0 Å². The van der Waals surface area contributed by atoms with Crippen LogP contribution in [0.2, 0.25) is 0 Å². The Kier molecular flexibility index (Phi) is 9.13. The van der Waals surface area contributed by atoms with E-state index in [9.17, 15) is 4.79 Å². The van der Waals surface area contributed by atoms with Crippen LogP contribution in [0.5, 0.6) is 0 Å². The molecule has 8 aromatic rings. The Hall–Kier alpha value is -7.31. The summed E-state index contributed by atoms with van der Waals surface area (Å²) in [6, 6.07) is 65.5. The number of tetrazole rings is 1. The molecule has 56 heavy (non-hydrogen) atoms. The summed E-state index contributed by atoms with van der Waals surface area (Å²) >= 11 is 0. The van der Waals surface area contributed by atoms with E-state index in [1.165, 1.54) is 0 Å². The minimum Gasteiger partial charge on any atom is -0.293 e. The molecule has 9 rings (SSSR count). The molecule has 0 radical (unpaired) electrons. The summed E-state index contributed by atoms with van der Waals surface area (Å²) in [4.78, 5) is 19.1. The van der Waals surface area contributed by atoms with E-state index in [0.29, 0.717) is 29.2 Å². The maximum atomic E-state index is 14.1. The van der Waals surface area contributed by atoms with Gasteiger partial charge in [0.1, 0.15) is 5.54 Å². The summed E-state index contributed by atoms with van der Waals surface area (Å²) in [5.41, 5.74) is 9.88. The number of Topliss-reactive ketones (excluding diaryl/α,β-unsaturated/α-hetero) is 1. The largest absolute Gasteiger partial charge is 0.293 e. The molecular formula is C50H37N5O. The summed E-state index contributed by atoms with van der Waals surface area (Å²) < 4.78 is 1.97. The third-order valence-electron chi connectivity index (χ3n) is 10.7. The highest BCUT2D eigenvalue weighted by atomic mass is 16.1. The van der Waals surface area contributed by atoms with Crippen LogP contribution in [0.25, 0.3) is 28.1 Å². The van der Waals surface area contributed by atoms with Crippen molar-refractivity contribution in [1.29, 1.82) is 0 Å². The quantitative estimate of drug-likeness (QED) is 0.132. The first-order valence-electron chi connectivity index (χ1n) is 18.7. The van der Waals surface area contributed by atoms with Gasteiger partial charge in [0.05, 0.1) is 17.3 Å². The van der Waals surface area contributed by atoms with E-state index in [4.69, 9.17) is 15.3 Å². The van der Waals surface area contributed by atoms with Crippen LogP contribution >= 0.6 is 0 Å². The molecular weight excluding hydrogens is 687 g/mol. The number of carbonyl (C=O) groups is 1. The molecule has 0 N–H and O–H groups in total. The molecule has 0 spiro atoms. The normalized spacial score (nSPS) is 13.8. The Balaban J connectivity index is 1.11.